The number of aryl methyl sites for hydroxylation is 1. The highest BCUT2D eigenvalue weighted by Gasteiger charge is 2.53. The van der Waals surface area contributed by atoms with E-state index in [1.165, 1.54) is 16.3 Å². The average molecular weight is 514 g/mol. The van der Waals surface area contributed by atoms with Crippen molar-refractivity contribution in [3.63, 3.8) is 0 Å². The molecule has 1 unspecified atom stereocenters. The van der Waals surface area contributed by atoms with Gasteiger partial charge in [0, 0.05) is 28.3 Å². The van der Waals surface area contributed by atoms with Gasteiger partial charge in [0.05, 0.1) is 24.4 Å². The fourth-order valence-electron chi connectivity index (χ4n) is 4.63. The molecule has 1 aromatic heterocycles. The number of allylic oxidation sites excluding steroid dienone is 1. The van der Waals surface area contributed by atoms with Gasteiger partial charge in [-0.05, 0) is 63.3 Å². The molecule has 1 aliphatic carbocycles. The summed E-state index contributed by atoms with van der Waals surface area (Å²) in [5.41, 5.74) is 6.61. The van der Waals surface area contributed by atoms with Crippen LogP contribution in [0.15, 0.2) is 33.1 Å². The van der Waals surface area contributed by atoms with Crippen LogP contribution < -0.4 is 11.2 Å². The third kappa shape index (κ3) is 5.03. The number of nitrogens with one attached hydrogen (secondary N) is 1. The number of aromatic nitrogens is 2. The highest BCUT2D eigenvalue weighted by atomic mass is 32.9. The van der Waals surface area contributed by atoms with Gasteiger partial charge in [0.15, 0.2) is 0 Å². The lowest BCUT2D eigenvalue weighted by atomic mass is 9.77. The van der Waals surface area contributed by atoms with Crippen LogP contribution in [-0.2, 0) is 25.6 Å². The second-order valence-corrected chi connectivity index (χ2v) is 15.5. The Kier molecular flexibility index (Phi) is 7.00. The van der Waals surface area contributed by atoms with Crippen molar-refractivity contribution in [2.45, 2.75) is 75.7 Å². The summed E-state index contributed by atoms with van der Waals surface area (Å²) in [5.74, 6) is 0.466. The van der Waals surface area contributed by atoms with E-state index in [0.717, 1.165) is 19.3 Å². The van der Waals surface area contributed by atoms with E-state index in [-0.39, 0.29) is 23.9 Å². The highest BCUT2D eigenvalue weighted by Crippen LogP contribution is 2.74. The molecule has 3 fully saturated rings. The summed E-state index contributed by atoms with van der Waals surface area (Å²) < 4.78 is 19.9. The van der Waals surface area contributed by atoms with Crippen LogP contribution in [0.4, 0.5) is 0 Å². The third-order valence-corrected chi connectivity index (χ3v) is 12.4. The summed E-state index contributed by atoms with van der Waals surface area (Å²) in [6.07, 6.45) is 3.35. The Morgan fingerprint density at radius 1 is 1.55 bits per heavy atom. The van der Waals surface area contributed by atoms with Crippen LogP contribution in [0.3, 0.4) is 0 Å². The number of aromatic amines is 1. The SMILES string of the molecule is C=C(C)[C@H]1CC[C@@]2(C)O[P@](=S)(OC[C@H]3O[C@@H](n4cc(C)c(=O)[nH]c4=O)CC3N=[N+]=[N-])S[C@@H]2C1. The molecule has 0 spiro atoms. The van der Waals surface area contributed by atoms with Gasteiger partial charge in [0.25, 0.3) is 5.56 Å². The minimum absolute atomic E-state index is 0.0915. The quantitative estimate of drug-likeness (QED) is 0.197. The van der Waals surface area contributed by atoms with Crippen LogP contribution in [0, 0.1) is 12.8 Å². The molecule has 2 saturated heterocycles. The Balaban J connectivity index is 1.46. The van der Waals surface area contributed by atoms with Gasteiger partial charge in [0.1, 0.15) is 6.23 Å². The molecule has 4 rings (SSSR count). The van der Waals surface area contributed by atoms with Gasteiger partial charge < -0.3 is 13.8 Å². The summed E-state index contributed by atoms with van der Waals surface area (Å²) in [6.45, 7) is 9.99. The molecule has 10 nitrogen and oxygen atoms in total. The molecule has 1 aromatic rings. The highest BCUT2D eigenvalue weighted by molar-refractivity contribution is 8.68. The van der Waals surface area contributed by atoms with Crippen LogP contribution in [0.5, 0.6) is 0 Å². The molecule has 7 atom stereocenters. The first-order valence-electron chi connectivity index (χ1n) is 10.8. The largest absolute Gasteiger partial charge is 0.352 e. The van der Waals surface area contributed by atoms with E-state index in [2.05, 4.69) is 35.4 Å². The maximum absolute atomic E-state index is 12.3. The Morgan fingerprint density at radius 3 is 3.00 bits per heavy atom. The van der Waals surface area contributed by atoms with Crippen molar-refractivity contribution in [3.8, 4) is 0 Å². The molecule has 0 bridgehead atoms. The molecule has 13 heteroatoms. The molecule has 3 heterocycles. The normalized spacial score (nSPS) is 38.0. The molecule has 1 N–H and O–H groups in total. The van der Waals surface area contributed by atoms with Gasteiger partial charge in [-0.25, -0.2) is 4.79 Å². The van der Waals surface area contributed by atoms with Crippen molar-refractivity contribution in [1.29, 1.82) is 0 Å². The Bertz CT molecular complexity index is 1160. The lowest BCUT2D eigenvalue weighted by molar-refractivity contribution is -0.0253. The first kappa shape index (κ1) is 24.7. The molecule has 33 heavy (non-hydrogen) atoms. The topological polar surface area (TPSA) is 131 Å². The predicted octanol–water partition coefficient (Wildman–Crippen LogP) is 4.32. The maximum atomic E-state index is 12.3. The minimum atomic E-state index is -2.62. The third-order valence-electron chi connectivity index (χ3n) is 6.70. The van der Waals surface area contributed by atoms with Crippen LogP contribution in [-0.4, -0.2) is 39.2 Å². The van der Waals surface area contributed by atoms with E-state index in [0.29, 0.717) is 11.5 Å². The van der Waals surface area contributed by atoms with E-state index in [9.17, 15) is 9.59 Å². The van der Waals surface area contributed by atoms with Gasteiger partial charge in [-0.3, -0.25) is 14.3 Å². The number of hydrogen-bond donors (Lipinski definition) is 1. The fraction of sp³-hybridized carbons (Fsp3) is 0.700. The number of fused-ring (bicyclic) bond motifs is 1. The number of hydrogen-bond acceptors (Lipinski definition) is 8. The molecular weight excluding hydrogens is 485 g/mol. The van der Waals surface area contributed by atoms with Crippen molar-refractivity contribution in [3.05, 3.63) is 55.2 Å². The lowest BCUT2D eigenvalue weighted by Gasteiger charge is -2.37. The van der Waals surface area contributed by atoms with Gasteiger partial charge in [-0.2, -0.15) is 0 Å². The lowest BCUT2D eigenvalue weighted by Crippen LogP contribution is -2.40. The Morgan fingerprint density at radius 2 is 2.30 bits per heavy atom. The van der Waals surface area contributed by atoms with Gasteiger partial charge >= 0.3 is 5.69 Å². The van der Waals surface area contributed by atoms with Crippen LogP contribution in [0.2, 0.25) is 0 Å². The standard InChI is InChI=1S/C20H28N5O5PS2/c1-11(2)13-5-6-20(4)16(7-13)33-31(32,30-20)28-10-15-14(23-24-21)8-17(29-15)25-9-12(3)18(26)22-19(25)27/h9,13-17H,1,5-8,10H2,2-4H3,(H,22,26,27)/t13-,14?,15+,16+,17+,20+,31-/m0/s1. The number of azide groups is 1. The fourth-order valence-corrected chi connectivity index (χ4v) is 11.4. The van der Waals surface area contributed by atoms with E-state index in [1.807, 2.05) is 0 Å². The van der Waals surface area contributed by atoms with E-state index in [1.54, 1.807) is 18.3 Å². The van der Waals surface area contributed by atoms with Gasteiger partial charge in [0.2, 0.25) is 5.69 Å². The zero-order valence-corrected chi connectivity index (χ0v) is 21.3. The smallest absolute Gasteiger partial charge is 0.330 e. The zero-order chi connectivity index (χ0) is 24.0. The molecule has 1 saturated carbocycles. The molecule has 0 aromatic carbocycles. The molecule has 0 radical (unpaired) electrons. The molecule has 2 aliphatic heterocycles. The van der Waals surface area contributed by atoms with Gasteiger partial charge in [-0.15, -0.1) is 0 Å². The molecule has 180 valence electrons. The monoisotopic (exact) mass is 513 g/mol. The predicted molar refractivity (Wildman–Crippen MR) is 131 cm³/mol. The Labute approximate surface area is 200 Å². The minimum Gasteiger partial charge on any atom is -0.352 e. The number of ether oxygens (including phenoxy) is 1. The number of rotatable bonds is 6. The first-order chi connectivity index (χ1) is 15.5. The summed E-state index contributed by atoms with van der Waals surface area (Å²) >= 11 is 7.43. The molecule has 3 aliphatic rings. The second-order valence-electron chi connectivity index (χ2n) is 9.17. The average Bonchev–Trinajstić information content (AvgIpc) is 3.26. The van der Waals surface area contributed by atoms with Gasteiger partial charge in [-0.1, -0.05) is 28.6 Å². The van der Waals surface area contributed by atoms with E-state index >= 15 is 0 Å². The first-order valence-corrected chi connectivity index (χ1v) is 15.0. The maximum Gasteiger partial charge on any atom is 0.330 e. The molecular formula is C20H28N5O5PS2. The van der Waals surface area contributed by atoms with Crippen molar-refractivity contribution in [1.82, 2.24) is 9.55 Å². The van der Waals surface area contributed by atoms with E-state index < -0.39 is 35.3 Å². The Hall–Kier alpha value is -1.39. The summed E-state index contributed by atoms with van der Waals surface area (Å²) in [7, 11) is 0. The van der Waals surface area contributed by atoms with Crippen LogP contribution >= 0.6 is 17.1 Å². The van der Waals surface area contributed by atoms with Crippen molar-refractivity contribution in [2.24, 2.45) is 11.0 Å². The number of nitrogens with zero attached hydrogens (tertiary/aromatic N) is 4. The molecule has 0 amide bonds. The summed E-state index contributed by atoms with van der Waals surface area (Å²) in [4.78, 5) is 29.2. The van der Waals surface area contributed by atoms with Crippen LogP contribution in [0.1, 0.15) is 51.3 Å². The zero-order valence-electron chi connectivity index (χ0n) is 18.8. The van der Waals surface area contributed by atoms with Crippen molar-refractivity contribution in [2.75, 3.05) is 6.61 Å². The van der Waals surface area contributed by atoms with E-state index in [4.69, 9.17) is 31.1 Å². The second kappa shape index (κ2) is 9.34. The van der Waals surface area contributed by atoms with Crippen LogP contribution in [0.25, 0.3) is 10.4 Å². The van der Waals surface area contributed by atoms with Crippen molar-refractivity contribution >= 4 is 28.9 Å². The van der Waals surface area contributed by atoms with Crippen molar-refractivity contribution < 1.29 is 13.8 Å². The summed E-state index contributed by atoms with van der Waals surface area (Å²) in [5, 5.41) is 4.09. The number of H-pyrrole nitrogens is 1. The summed E-state index contributed by atoms with van der Waals surface area (Å²) in [6, 6.07) is -0.543.